The summed E-state index contributed by atoms with van der Waals surface area (Å²) in [6, 6.07) is 6.81. The number of benzene rings is 1. The van der Waals surface area contributed by atoms with Crippen LogP contribution >= 0.6 is 0 Å². The van der Waals surface area contributed by atoms with E-state index >= 15 is 0 Å². The second-order valence-electron chi connectivity index (χ2n) is 4.27. The second kappa shape index (κ2) is 8.66. The van der Waals surface area contributed by atoms with Gasteiger partial charge in [0.25, 0.3) is 0 Å². The summed E-state index contributed by atoms with van der Waals surface area (Å²) in [5.74, 6) is -0.0146. The zero-order chi connectivity index (χ0) is 15.7. The molecular weight excluding hydrogens is 272 g/mol. The maximum absolute atomic E-state index is 12.0. The molecule has 6 heteroatoms. The van der Waals surface area contributed by atoms with Gasteiger partial charge in [0.05, 0.1) is 20.1 Å². The number of carbonyl (C=O) groups is 2. The molecule has 0 amide bonds. The fourth-order valence-corrected chi connectivity index (χ4v) is 1.74. The fraction of sp³-hybridized carbons (Fsp3) is 0.400. The summed E-state index contributed by atoms with van der Waals surface area (Å²) >= 11 is 0. The average molecular weight is 290 g/mol. The minimum absolute atomic E-state index is 0.0428. The number of hydrogen-bond donors (Lipinski definition) is 0. The number of esters is 1. The first-order chi connectivity index (χ1) is 10.1. The predicted molar refractivity (Wildman–Crippen MR) is 76.4 cm³/mol. The summed E-state index contributed by atoms with van der Waals surface area (Å²) in [7, 11) is 1.56. The van der Waals surface area contributed by atoms with Crippen molar-refractivity contribution in [3.63, 3.8) is 0 Å². The Balaban J connectivity index is 2.49. The van der Waals surface area contributed by atoms with Gasteiger partial charge in [-0.05, 0) is 37.6 Å². The minimum Gasteiger partial charge on any atom is -0.497 e. The van der Waals surface area contributed by atoms with Crippen LogP contribution in [0.3, 0.4) is 0 Å². The predicted octanol–water partition coefficient (Wildman–Crippen LogP) is 2.28. The molecule has 0 radical (unpaired) electrons. The van der Waals surface area contributed by atoms with Crippen molar-refractivity contribution < 1.29 is 23.9 Å². The van der Waals surface area contributed by atoms with Crippen molar-refractivity contribution in [3.05, 3.63) is 35.4 Å². The number of hydrogen-bond acceptors (Lipinski definition) is 4. The number of rotatable bonds is 8. The molecule has 0 aliphatic carbocycles. The Morgan fingerprint density at radius 2 is 1.86 bits per heavy atom. The van der Waals surface area contributed by atoms with Gasteiger partial charge in [-0.1, -0.05) is 0 Å². The molecule has 112 valence electrons. The van der Waals surface area contributed by atoms with E-state index in [1.165, 1.54) is 0 Å². The van der Waals surface area contributed by atoms with E-state index in [-0.39, 0.29) is 30.9 Å². The monoisotopic (exact) mass is 290 g/mol. The molecule has 1 rings (SSSR count). The van der Waals surface area contributed by atoms with Crippen LogP contribution in [0.25, 0.3) is 5.53 Å². The van der Waals surface area contributed by atoms with Crippen molar-refractivity contribution >= 4 is 17.5 Å². The van der Waals surface area contributed by atoms with Crippen LogP contribution in [0.15, 0.2) is 24.3 Å². The minimum atomic E-state index is -0.656. The molecule has 0 aliphatic rings. The van der Waals surface area contributed by atoms with Gasteiger partial charge < -0.3 is 15.0 Å². The molecule has 1 aromatic rings. The van der Waals surface area contributed by atoms with Crippen molar-refractivity contribution in [2.24, 2.45) is 0 Å². The van der Waals surface area contributed by atoms with Crippen LogP contribution in [0.4, 0.5) is 0 Å². The van der Waals surface area contributed by atoms with Gasteiger partial charge in [-0.15, -0.1) is 0 Å². The molecule has 0 heterocycles. The van der Waals surface area contributed by atoms with E-state index in [0.29, 0.717) is 17.7 Å². The highest BCUT2D eigenvalue weighted by Crippen LogP contribution is 2.14. The third-order valence-corrected chi connectivity index (χ3v) is 2.86. The Hall–Kier alpha value is -2.46. The summed E-state index contributed by atoms with van der Waals surface area (Å²) in [6.45, 7) is 1.88. The van der Waals surface area contributed by atoms with Crippen LogP contribution in [0.2, 0.25) is 0 Å². The van der Waals surface area contributed by atoms with Gasteiger partial charge in [-0.2, -0.15) is 4.79 Å². The first-order valence-corrected chi connectivity index (χ1v) is 6.67. The Morgan fingerprint density at radius 1 is 1.19 bits per heavy atom. The van der Waals surface area contributed by atoms with Crippen molar-refractivity contribution in [3.8, 4) is 5.75 Å². The van der Waals surface area contributed by atoms with Crippen LogP contribution in [0, 0.1) is 0 Å². The molecule has 0 saturated carbocycles. The molecule has 0 aliphatic heterocycles. The molecule has 0 aromatic heterocycles. The fourth-order valence-electron chi connectivity index (χ4n) is 1.74. The summed E-state index contributed by atoms with van der Waals surface area (Å²) in [5, 5.41) is 0. The Morgan fingerprint density at radius 3 is 2.38 bits per heavy atom. The van der Waals surface area contributed by atoms with E-state index in [2.05, 4.69) is 4.79 Å². The lowest BCUT2D eigenvalue weighted by atomic mass is 10.0. The maximum atomic E-state index is 12.0. The Bertz CT molecular complexity index is 545. The third kappa shape index (κ3) is 5.20. The van der Waals surface area contributed by atoms with Crippen LogP contribution in [0.5, 0.6) is 5.75 Å². The van der Waals surface area contributed by atoms with Gasteiger partial charge in [0.2, 0.25) is 0 Å². The molecule has 0 saturated heterocycles. The van der Waals surface area contributed by atoms with Gasteiger partial charge in [0.1, 0.15) is 5.75 Å². The maximum Gasteiger partial charge on any atom is 0.416 e. The van der Waals surface area contributed by atoms with E-state index in [1.54, 1.807) is 38.3 Å². The highest BCUT2D eigenvalue weighted by Gasteiger charge is 2.21. The highest BCUT2D eigenvalue weighted by atomic mass is 16.5. The molecule has 0 atom stereocenters. The van der Waals surface area contributed by atoms with E-state index < -0.39 is 5.97 Å². The molecule has 0 spiro atoms. The molecule has 0 N–H and O–H groups in total. The molecule has 6 nitrogen and oxygen atoms in total. The zero-order valence-corrected chi connectivity index (χ0v) is 12.2. The Labute approximate surface area is 123 Å². The Kier molecular flexibility index (Phi) is 6.84. The standard InChI is InChI=1S/C15H18N2O4/c1-3-21-15(19)13(17-16)5-4-6-14(18)11-7-9-12(20-2)10-8-11/h7-10H,3-6H2,1-2H3. The van der Waals surface area contributed by atoms with Crippen LogP contribution in [0.1, 0.15) is 36.5 Å². The number of Topliss-reactive ketones (excluding diaryl/α,β-unsaturated/α-hetero) is 1. The van der Waals surface area contributed by atoms with Gasteiger partial charge in [0, 0.05) is 12.0 Å². The van der Waals surface area contributed by atoms with E-state index in [9.17, 15) is 9.59 Å². The molecule has 0 fully saturated rings. The number of nitrogens with zero attached hydrogens (tertiary/aromatic N) is 2. The normalized spacial score (nSPS) is 9.62. The topological polar surface area (TPSA) is 89.0 Å². The van der Waals surface area contributed by atoms with Crippen molar-refractivity contribution in [2.75, 3.05) is 13.7 Å². The van der Waals surface area contributed by atoms with Crippen molar-refractivity contribution in [2.45, 2.75) is 26.2 Å². The summed E-state index contributed by atoms with van der Waals surface area (Å²) in [4.78, 5) is 26.2. The smallest absolute Gasteiger partial charge is 0.416 e. The average Bonchev–Trinajstić information content (AvgIpc) is 2.51. The molecule has 0 bridgehead atoms. The SMILES string of the molecule is CCOC(=O)C(CCCC(=O)c1ccc(OC)cc1)=[N+]=[N-]. The summed E-state index contributed by atoms with van der Waals surface area (Å²) in [5.41, 5.74) is 9.26. The first kappa shape index (κ1) is 16.6. The number of methoxy groups -OCH3 is 1. The zero-order valence-electron chi connectivity index (χ0n) is 12.2. The number of ketones is 1. The lowest BCUT2D eigenvalue weighted by molar-refractivity contribution is -0.140. The third-order valence-electron chi connectivity index (χ3n) is 2.86. The number of ether oxygens (including phenoxy) is 2. The first-order valence-electron chi connectivity index (χ1n) is 6.67. The summed E-state index contributed by atoms with van der Waals surface area (Å²) in [6.07, 6.45) is 0.852. The van der Waals surface area contributed by atoms with E-state index in [0.717, 1.165) is 0 Å². The van der Waals surface area contributed by atoms with Gasteiger partial charge in [0.15, 0.2) is 5.78 Å². The summed E-state index contributed by atoms with van der Waals surface area (Å²) < 4.78 is 9.75. The molecule has 21 heavy (non-hydrogen) atoms. The van der Waals surface area contributed by atoms with Gasteiger partial charge in [-0.3, -0.25) is 4.79 Å². The van der Waals surface area contributed by atoms with Crippen LogP contribution < -0.4 is 4.74 Å². The largest absolute Gasteiger partial charge is 0.497 e. The van der Waals surface area contributed by atoms with Crippen molar-refractivity contribution in [1.29, 1.82) is 0 Å². The molecule has 0 unspecified atom stereocenters. The second-order valence-corrected chi connectivity index (χ2v) is 4.27. The molecular formula is C15H18N2O4. The lowest BCUT2D eigenvalue weighted by Crippen LogP contribution is -2.18. The van der Waals surface area contributed by atoms with Crippen molar-refractivity contribution in [1.82, 2.24) is 0 Å². The number of carbonyl (C=O) groups excluding carboxylic acids is 2. The van der Waals surface area contributed by atoms with Gasteiger partial charge >= 0.3 is 11.7 Å². The van der Waals surface area contributed by atoms with Crippen LogP contribution in [-0.4, -0.2) is 36.0 Å². The van der Waals surface area contributed by atoms with E-state index in [4.69, 9.17) is 15.0 Å². The molecule has 1 aromatic carbocycles. The van der Waals surface area contributed by atoms with Crippen LogP contribution in [-0.2, 0) is 9.53 Å². The van der Waals surface area contributed by atoms with E-state index in [1.807, 2.05) is 0 Å². The quantitative estimate of drug-likeness (QED) is 0.241. The lowest BCUT2D eigenvalue weighted by Gasteiger charge is -2.02. The highest BCUT2D eigenvalue weighted by molar-refractivity contribution is 6.33. The van der Waals surface area contributed by atoms with Gasteiger partial charge in [-0.25, -0.2) is 4.79 Å².